The van der Waals surface area contributed by atoms with E-state index in [0.29, 0.717) is 32.6 Å². The molecule has 1 aliphatic heterocycles. The van der Waals surface area contributed by atoms with E-state index in [1.165, 1.54) is 23.9 Å². The molecule has 8 nitrogen and oxygen atoms in total. The number of nitrogens with zero attached hydrogens (tertiary/aromatic N) is 2. The molecular formula is C14H18N4O4S. The number of amides is 2. The van der Waals surface area contributed by atoms with Crippen molar-refractivity contribution in [1.29, 1.82) is 0 Å². The van der Waals surface area contributed by atoms with Crippen molar-refractivity contribution in [3.8, 4) is 0 Å². The number of nitro groups is 1. The molecule has 1 aromatic carbocycles. The molecule has 0 aliphatic carbocycles. The summed E-state index contributed by atoms with van der Waals surface area (Å²) in [6.45, 7) is 2.12. The molecule has 0 radical (unpaired) electrons. The van der Waals surface area contributed by atoms with Crippen LogP contribution in [0.3, 0.4) is 0 Å². The predicted molar refractivity (Wildman–Crippen MR) is 88.6 cm³/mol. The lowest BCUT2D eigenvalue weighted by molar-refractivity contribution is -0.384. The Hall–Kier alpha value is -2.29. The highest BCUT2D eigenvalue weighted by atomic mass is 32.2. The minimum absolute atomic E-state index is 0.0395. The van der Waals surface area contributed by atoms with Gasteiger partial charge in [-0.3, -0.25) is 19.7 Å². The molecule has 2 rings (SSSR count). The van der Waals surface area contributed by atoms with Crippen LogP contribution in [-0.4, -0.2) is 52.9 Å². The summed E-state index contributed by atoms with van der Waals surface area (Å²) >= 11 is 1.28. The van der Waals surface area contributed by atoms with Crippen LogP contribution in [0.5, 0.6) is 0 Å². The Morgan fingerprint density at radius 2 is 2.04 bits per heavy atom. The van der Waals surface area contributed by atoms with Gasteiger partial charge >= 0.3 is 0 Å². The summed E-state index contributed by atoms with van der Waals surface area (Å²) in [5.41, 5.74) is 0.794. The van der Waals surface area contributed by atoms with E-state index < -0.39 is 4.92 Å². The van der Waals surface area contributed by atoms with Gasteiger partial charge in [-0.2, -0.15) is 0 Å². The van der Waals surface area contributed by atoms with Crippen molar-refractivity contribution in [1.82, 2.24) is 10.2 Å². The minimum atomic E-state index is -0.451. The Bertz CT molecular complexity index is 579. The summed E-state index contributed by atoms with van der Waals surface area (Å²) < 4.78 is 0. The number of hydrogen-bond donors (Lipinski definition) is 2. The van der Waals surface area contributed by atoms with Crippen molar-refractivity contribution >= 4 is 34.3 Å². The van der Waals surface area contributed by atoms with Crippen molar-refractivity contribution in [3.05, 3.63) is 34.4 Å². The van der Waals surface area contributed by atoms with Gasteiger partial charge in [0.1, 0.15) is 0 Å². The van der Waals surface area contributed by atoms with Crippen LogP contribution >= 0.6 is 11.8 Å². The molecule has 0 atom stereocenters. The topological polar surface area (TPSA) is 105 Å². The van der Waals surface area contributed by atoms with Crippen molar-refractivity contribution in [2.75, 3.05) is 37.2 Å². The van der Waals surface area contributed by atoms with Crippen LogP contribution in [0.25, 0.3) is 0 Å². The highest BCUT2D eigenvalue weighted by molar-refractivity contribution is 8.13. The molecule has 23 heavy (non-hydrogen) atoms. The maximum atomic E-state index is 11.7. The van der Waals surface area contributed by atoms with Crippen LogP contribution in [0.15, 0.2) is 24.3 Å². The monoisotopic (exact) mass is 338 g/mol. The zero-order valence-electron chi connectivity index (χ0n) is 12.5. The van der Waals surface area contributed by atoms with Crippen molar-refractivity contribution in [2.24, 2.45) is 0 Å². The number of rotatable bonds is 8. The molecule has 0 unspecified atom stereocenters. The summed E-state index contributed by atoms with van der Waals surface area (Å²) in [5, 5.41) is 16.4. The van der Waals surface area contributed by atoms with Crippen LogP contribution in [0.2, 0.25) is 0 Å². The number of nitrogens with one attached hydrogen (secondary N) is 2. The lowest BCUT2D eigenvalue weighted by Gasteiger charge is -2.14. The molecule has 1 heterocycles. The number of non-ortho nitro benzene ring substituents is 1. The maximum Gasteiger partial charge on any atom is 0.281 e. The van der Waals surface area contributed by atoms with Gasteiger partial charge in [-0.25, -0.2) is 0 Å². The first-order valence-electron chi connectivity index (χ1n) is 7.23. The van der Waals surface area contributed by atoms with Crippen LogP contribution in [0.1, 0.15) is 6.42 Å². The van der Waals surface area contributed by atoms with E-state index in [4.69, 9.17) is 0 Å². The lowest BCUT2D eigenvalue weighted by Crippen LogP contribution is -2.33. The predicted octanol–water partition coefficient (Wildman–Crippen LogP) is 1.68. The van der Waals surface area contributed by atoms with Gasteiger partial charge in [0.05, 0.1) is 4.92 Å². The minimum Gasteiger partial charge on any atom is -0.383 e. The third kappa shape index (κ3) is 5.44. The number of anilines is 1. The lowest BCUT2D eigenvalue weighted by atomic mass is 10.3. The third-order valence-electron chi connectivity index (χ3n) is 3.31. The number of benzene rings is 1. The molecule has 1 aromatic rings. The van der Waals surface area contributed by atoms with Gasteiger partial charge in [0, 0.05) is 56.2 Å². The van der Waals surface area contributed by atoms with Gasteiger partial charge in [0.2, 0.25) is 5.91 Å². The standard InChI is InChI=1S/C14H18N4O4S/c19-13(5-8-17-9-10-23-14(17)20)16-7-6-15-11-1-3-12(4-2-11)18(21)22/h1-4,15H,5-10H2,(H,16,19). The van der Waals surface area contributed by atoms with Crippen molar-refractivity contribution in [2.45, 2.75) is 6.42 Å². The Kier molecular flexibility index (Phi) is 6.21. The SMILES string of the molecule is O=C(CCN1CCSC1=O)NCCNc1ccc([N+](=O)[O-])cc1. The molecule has 9 heteroatoms. The molecule has 0 bridgehead atoms. The zero-order valence-corrected chi connectivity index (χ0v) is 13.3. The number of thioether (sulfide) groups is 1. The molecule has 2 amide bonds. The van der Waals surface area contributed by atoms with E-state index in [1.807, 2.05) is 0 Å². The molecule has 2 N–H and O–H groups in total. The summed E-state index contributed by atoms with van der Waals surface area (Å²) in [6, 6.07) is 6.09. The summed E-state index contributed by atoms with van der Waals surface area (Å²) in [5.74, 6) is 0.694. The average molecular weight is 338 g/mol. The van der Waals surface area contributed by atoms with E-state index in [2.05, 4.69) is 10.6 Å². The fraction of sp³-hybridized carbons (Fsp3) is 0.429. The first-order valence-corrected chi connectivity index (χ1v) is 8.21. The van der Waals surface area contributed by atoms with E-state index in [9.17, 15) is 19.7 Å². The maximum absolute atomic E-state index is 11.7. The van der Waals surface area contributed by atoms with Gasteiger partial charge in [-0.1, -0.05) is 11.8 Å². The van der Waals surface area contributed by atoms with Crippen molar-refractivity contribution in [3.63, 3.8) is 0 Å². The Morgan fingerprint density at radius 1 is 1.30 bits per heavy atom. The smallest absolute Gasteiger partial charge is 0.281 e. The molecule has 1 fully saturated rings. The number of nitro benzene ring substituents is 1. The van der Waals surface area contributed by atoms with Crippen LogP contribution in [-0.2, 0) is 4.79 Å². The van der Waals surface area contributed by atoms with Gasteiger partial charge in [-0.05, 0) is 12.1 Å². The van der Waals surface area contributed by atoms with Crippen molar-refractivity contribution < 1.29 is 14.5 Å². The molecule has 0 aromatic heterocycles. The van der Waals surface area contributed by atoms with Gasteiger partial charge in [0.25, 0.3) is 10.9 Å². The second kappa shape index (κ2) is 8.37. The number of carbonyl (C=O) groups excluding carboxylic acids is 2. The highest BCUT2D eigenvalue weighted by Gasteiger charge is 2.21. The van der Waals surface area contributed by atoms with Gasteiger partial charge in [0.15, 0.2) is 0 Å². The van der Waals surface area contributed by atoms with E-state index in [1.54, 1.807) is 17.0 Å². The Morgan fingerprint density at radius 3 is 2.65 bits per heavy atom. The molecule has 124 valence electrons. The second-order valence-electron chi connectivity index (χ2n) is 4.93. The van der Waals surface area contributed by atoms with Crippen LogP contribution < -0.4 is 10.6 Å². The fourth-order valence-corrected chi connectivity index (χ4v) is 2.91. The van der Waals surface area contributed by atoms with E-state index in [0.717, 1.165) is 11.4 Å². The largest absolute Gasteiger partial charge is 0.383 e. The summed E-state index contributed by atoms with van der Waals surface area (Å²) in [6.07, 6.45) is 0.295. The first kappa shape index (κ1) is 17.1. The second-order valence-corrected chi connectivity index (χ2v) is 5.98. The quantitative estimate of drug-likeness (QED) is 0.424. The van der Waals surface area contributed by atoms with Crippen LogP contribution in [0, 0.1) is 10.1 Å². The average Bonchev–Trinajstić information content (AvgIpc) is 2.95. The number of hydrogen-bond acceptors (Lipinski definition) is 6. The molecule has 0 spiro atoms. The van der Waals surface area contributed by atoms with Gasteiger partial charge < -0.3 is 15.5 Å². The summed E-state index contributed by atoms with van der Waals surface area (Å²) in [4.78, 5) is 34.8. The molecular weight excluding hydrogens is 320 g/mol. The fourth-order valence-electron chi connectivity index (χ4n) is 2.06. The molecule has 1 saturated heterocycles. The first-order chi connectivity index (χ1) is 11.1. The van der Waals surface area contributed by atoms with Gasteiger partial charge in [-0.15, -0.1) is 0 Å². The Balaban J connectivity index is 1.60. The van der Waals surface area contributed by atoms with Crippen LogP contribution in [0.4, 0.5) is 16.2 Å². The normalized spacial score (nSPS) is 13.9. The third-order valence-corrected chi connectivity index (χ3v) is 4.20. The molecule has 0 saturated carbocycles. The van der Waals surface area contributed by atoms with E-state index in [-0.39, 0.29) is 16.8 Å². The van der Waals surface area contributed by atoms with E-state index >= 15 is 0 Å². The highest BCUT2D eigenvalue weighted by Crippen LogP contribution is 2.17. The summed E-state index contributed by atoms with van der Waals surface area (Å²) in [7, 11) is 0. The number of carbonyl (C=O) groups is 2. The molecule has 1 aliphatic rings. The Labute approximate surface area is 137 Å². The zero-order chi connectivity index (χ0) is 16.7.